The summed E-state index contributed by atoms with van der Waals surface area (Å²) in [6.07, 6.45) is 0. The first-order valence-electron chi connectivity index (χ1n) is 8.38. The monoisotopic (exact) mass is 433 g/mol. The maximum atomic E-state index is 6.22. The quantitative estimate of drug-likeness (QED) is 0.373. The van der Waals surface area contributed by atoms with Gasteiger partial charge in [0.15, 0.2) is 0 Å². The summed E-state index contributed by atoms with van der Waals surface area (Å²) in [6, 6.07) is 17.0. The normalized spacial score (nSPS) is 13.3. The van der Waals surface area contributed by atoms with Gasteiger partial charge in [-0.15, -0.1) is 0 Å². The maximum absolute atomic E-state index is 6.22. The van der Waals surface area contributed by atoms with Crippen LogP contribution in [0.15, 0.2) is 48.5 Å². The van der Waals surface area contributed by atoms with Gasteiger partial charge in [-0.25, -0.2) is 0 Å². The van der Waals surface area contributed by atoms with E-state index in [9.17, 15) is 0 Å². The Kier molecular flexibility index (Phi) is 6.30. The zero-order valence-electron chi connectivity index (χ0n) is 15.6. The molecule has 0 amide bonds. The Morgan fingerprint density at radius 1 is 0.792 bits per heavy atom. The Hall–Kier alpha value is -0.668. The fourth-order valence-electron chi connectivity index (χ4n) is 3.14. The standard InChI is InChI=1S/C12H10N.C9H20P.Pd/c13-12-9-5-4-8-11(12)10-6-2-1-3-7-10;1-8(2,3)7(10)9(4,5)6;/h1-6,8-9H,13H2;7,10H,1-6H3;/q;-1;+1. The number of para-hydroxylation sites is 1. The van der Waals surface area contributed by atoms with Crippen molar-refractivity contribution in [1.29, 1.82) is 0 Å². The van der Waals surface area contributed by atoms with Crippen molar-refractivity contribution >= 4 is 16.5 Å². The molecule has 0 bridgehead atoms. The van der Waals surface area contributed by atoms with Gasteiger partial charge in [-0.3, -0.25) is 0 Å². The molecule has 1 nitrogen and oxygen atoms in total. The second-order valence-corrected chi connectivity index (χ2v) is 12.6. The van der Waals surface area contributed by atoms with Gasteiger partial charge in [0.2, 0.25) is 0 Å². The van der Waals surface area contributed by atoms with Crippen LogP contribution in [0.3, 0.4) is 0 Å². The number of nitrogens with two attached hydrogens (primary N) is 1. The molecule has 2 aromatic carbocycles. The van der Waals surface area contributed by atoms with Gasteiger partial charge in [-0.1, -0.05) is 0 Å². The average Bonchev–Trinajstić information content (AvgIpc) is 2.46. The van der Waals surface area contributed by atoms with E-state index < -0.39 is 0 Å². The summed E-state index contributed by atoms with van der Waals surface area (Å²) >= 11 is 0.593. The van der Waals surface area contributed by atoms with Gasteiger partial charge in [-0.2, -0.15) is 0 Å². The molecule has 3 heteroatoms. The molecule has 1 unspecified atom stereocenters. The predicted octanol–water partition coefficient (Wildman–Crippen LogP) is 5.70. The van der Waals surface area contributed by atoms with E-state index in [4.69, 9.17) is 5.73 Å². The Bertz CT molecular complexity index is 669. The number of anilines is 1. The number of hydrogen-bond acceptors (Lipinski definition) is 1. The molecule has 0 radical (unpaired) electrons. The van der Waals surface area contributed by atoms with Crippen molar-refractivity contribution in [3.8, 4) is 11.1 Å². The molecule has 0 aliphatic heterocycles. The Labute approximate surface area is 157 Å². The molecular weight excluding hydrogens is 404 g/mol. The average molecular weight is 434 g/mol. The van der Waals surface area contributed by atoms with Gasteiger partial charge in [0.05, 0.1) is 0 Å². The third-order valence-electron chi connectivity index (χ3n) is 4.05. The summed E-state index contributed by atoms with van der Waals surface area (Å²) < 4.78 is 1.46. The first-order valence-corrected chi connectivity index (χ1v) is 12.4. The van der Waals surface area contributed by atoms with Crippen LogP contribution in [0.4, 0.5) is 5.69 Å². The molecule has 0 fully saturated rings. The molecular formula is C21H30NPPd. The van der Waals surface area contributed by atoms with E-state index in [0.717, 1.165) is 12.5 Å². The van der Waals surface area contributed by atoms with Crippen LogP contribution >= 0.6 is 6.77 Å². The zero-order valence-corrected chi connectivity index (χ0v) is 18.1. The van der Waals surface area contributed by atoms with E-state index in [1.165, 1.54) is 15.2 Å². The summed E-state index contributed by atoms with van der Waals surface area (Å²) in [5.74, 6) is 0. The van der Waals surface area contributed by atoms with Crippen LogP contribution in [-0.2, 0) is 17.5 Å². The Morgan fingerprint density at radius 2 is 1.29 bits per heavy atom. The number of benzene rings is 2. The minimum absolute atomic E-state index is 0.329. The van der Waals surface area contributed by atoms with E-state index in [2.05, 4.69) is 77.9 Å². The van der Waals surface area contributed by atoms with Crippen LogP contribution < -0.4 is 9.77 Å². The van der Waals surface area contributed by atoms with Crippen LogP contribution in [0.25, 0.3) is 11.1 Å². The molecule has 2 rings (SSSR count). The number of rotatable bonds is 4. The molecule has 0 aromatic heterocycles. The van der Waals surface area contributed by atoms with E-state index in [1.807, 2.05) is 12.1 Å². The van der Waals surface area contributed by atoms with Crippen LogP contribution in [0, 0.1) is 10.8 Å². The van der Waals surface area contributed by atoms with Crippen molar-refractivity contribution in [2.24, 2.45) is 10.8 Å². The molecule has 0 saturated carbocycles. The van der Waals surface area contributed by atoms with Crippen LogP contribution in [0.1, 0.15) is 41.5 Å². The second kappa shape index (κ2) is 7.70. The summed E-state index contributed by atoms with van der Waals surface area (Å²) in [7, 11) is 0. The van der Waals surface area contributed by atoms with Crippen molar-refractivity contribution in [3.63, 3.8) is 0 Å². The second-order valence-electron chi connectivity index (χ2n) is 8.37. The SMILES string of the molecule is CC(C)(C)C([PH][Pd][c]1ccccc1-c1ccccc1N)C(C)(C)C. The van der Waals surface area contributed by atoms with Gasteiger partial charge < -0.3 is 0 Å². The van der Waals surface area contributed by atoms with E-state index >= 15 is 0 Å². The van der Waals surface area contributed by atoms with Crippen LogP contribution in [-0.4, -0.2) is 5.66 Å². The van der Waals surface area contributed by atoms with E-state index in [1.54, 1.807) is 0 Å². The number of nitrogen functional groups attached to an aromatic ring is 1. The third-order valence-corrected chi connectivity index (χ3v) is 10.2. The molecule has 0 aliphatic carbocycles. The summed E-state index contributed by atoms with van der Waals surface area (Å²) in [5, 5.41) is 0. The first kappa shape index (κ1) is 19.7. The van der Waals surface area contributed by atoms with Crippen LogP contribution in [0.5, 0.6) is 0 Å². The van der Waals surface area contributed by atoms with Crippen molar-refractivity contribution < 1.29 is 17.5 Å². The minimum atomic E-state index is 0.329. The van der Waals surface area contributed by atoms with E-state index in [0.29, 0.717) is 34.0 Å². The molecule has 1 atom stereocenters. The number of hydrogen-bond donors (Lipinski definition) is 1. The fraction of sp³-hybridized carbons (Fsp3) is 0.429. The topological polar surface area (TPSA) is 26.0 Å². The predicted molar refractivity (Wildman–Crippen MR) is 107 cm³/mol. The van der Waals surface area contributed by atoms with Crippen molar-refractivity contribution in [2.75, 3.05) is 5.73 Å². The van der Waals surface area contributed by atoms with Gasteiger partial charge in [-0.05, 0) is 0 Å². The molecule has 0 saturated heterocycles. The molecule has 0 aliphatic rings. The molecule has 2 aromatic rings. The van der Waals surface area contributed by atoms with E-state index in [-0.39, 0.29) is 0 Å². The van der Waals surface area contributed by atoms with Gasteiger partial charge in [0, 0.05) is 0 Å². The van der Waals surface area contributed by atoms with Gasteiger partial charge in [0.1, 0.15) is 0 Å². The fourth-order valence-corrected chi connectivity index (χ4v) is 11.0. The van der Waals surface area contributed by atoms with Crippen LogP contribution in [0.2, 0.25) is 0 Å². The molecule has 2 N–H and O–H groups in total. The third kappa shape index (κ3) is 4.92. The van der Waals surface area contributed by atoms with Gasteiger partial charge >= 0.3 is 157 Å². The first-order chi connectivity index (χ1) is 11.1. The summed E-state index contributed by atoms with van der Waals surface area (Å²) in [5.41, 5.74) is 10.9. The molecule has 0 heterocycles. The van der Waals surface area contributed by atoms with Crippen molar-refractivity contribution in [2.45, 2.75) is 47.2 Å². The molecule has 0 spiro atoms. The van der Waals surface area contributed by atoms with Crippen molar-refractivity contribution in [3.05, 3.63) is 48.5 Å². The summed E-state index contributed by atoms with van der Waals surface area (Å²) in [4.78, 5) is 0. The van der Waals surface area contributed by atoms with Crippen molar-refractivity contribution in [1.82, 2.24) is 0 Å². The zero-order chi connectivity index (χ0) is 18.0. The van der Waals surface area contributed by atoms with Gasteiger partial charge in [0.25, 0.3) is 0 Å². The molecule has 24 heavy (non-hydrogen) atoms. The summed E-state index contributed by atoms with van der Waals surface area (Å²) in [6.45, 7) is 15.2. The Balaban J connectivity index is 2.30. The Morgan fingerprint density at radius 3 is 1.83 bits per heavy atom. The molecule has 134 valence electrons.